The van der Waals surface area contributed by atoms with Gasteiger partial charge in [0.1, 0.15) is 0 Å². The molecule has 0 saturated carbocycles. The van der Waals surface area contributed by atoms with Crippen molar-refractivity contribution in [1.82, 2.24) is 4.57 Å². The van der Waals surface area contributed by atoms with Gasteiger partial charge in [0.2, 0.25) is 11.8 Å². The molecule has 0 fully saturated rings. The molecule has 0 radical (unpaired) electrons. The van der Waals surface area contributed by atoms with Gasteiger partial charge in [-0.1, -0.05) is 36.4 Å². The molecule has 1 aromatic heterocycles. The number of allylic oxidation sites excluding steroid dienone is 1. The molecule has 0 saturated heterocycles. The fourth-order valence-electron chi connectivity index (χ4n) is 3.14. The fraction of sp³-hybridized carbons (Fsp3) is 0.136. The molecule has 0 aliphatic carbocycles. The van der Waals surface area contributed by atoms with Crippen LogP contribution in [0.15, 0.2) is 53.5 Å². The molecule has 0 spiro atoms. The lowest BCUT2D eigenvalue weighted by Crippen LogP contribution is -2.15. The number of carbonyl (C=O) groups is 1. The molecule has 1 amide bonds. The van der Waals surface area contributed by atoms with Crippen LogP contribution in [-0.2, 0) is 11.3 Å². The van der Waals surface area contributed by atoms with Crippen molar-refractivity contribution in [3.63, 3.8) is 0 Å². The number of nitrogens with zero attached hydrogens (tertiary/aromatic N) is 2. The van der Waals surface area contributed by atoms with Crippen LogP contribution in [0.4, 0.5) is 11.4 Å². The summed E-state index contributed by atoms with van der Waals surface area (Å²) in [6.07, 6.45) is 3.88. The van der Waals surface area contributed by atoms with Gasteiger partial charge in [-0.2, -0.15) is 0 Å². The third-order valence-electron chi connectivity index (χ3n) is 4.72. The van der Waals surface area contributed by atoms with Crippen LogP contribution in [0.2, 0.25) is 0 Å². The number of carbonyl (C=O) groups excluding carboxylic acids is 1. The smallest absolute Gasteiger partial charge is 0.226 e. The highest BCUT2D eigenvalue weighted by atomic mass is 32.1. The number of anilines is 1. The Kier molecular flexibility index (Phi) is 5.42. The SMILES string of the molecule is Cc1ccccc1NC(=O)CCn1c(O)c(/C=C2\C=Nc3ccccc32)sc1=S. The second kappa shape index (κ2) is 8.14. The largest absolute Gasteiger partial charge is 0.493 e. The summed E-state index contributed by atoms with van der Waals surface area (Å²) in [5.41, 5.74) is 4.66. The van der Waals surface area contributed by atoms with E-state index in [-0.39, 0.29) is 18.2 Å². The Morgan fingerprint density at radius 2 is 2.00 bits per heavy atom. The number of aliphatic imine (C=N–C) groups is 1. The van der Waals surface area contributed by atoms with Crippen molar-refractivity contribution in [2.75, 3.05) is 5.32 Å². The number of nitrogens with one attached hydrogen (secondary N) is 1. The van der Waals surface area contributed by atoms with Crippen molar-refractivity contribution in [1.29, 1.82) is 0 Å². The average Bonchev–Trinajstić information content (AvgIpc) is 3.23. The predicted octanol–water partition coefficient (Wildman–Crippen LogP) is 5.58. The summed E-state index contributed by atoms with van der Waals surface area (Å²) in [5.74, 6) is -0.0440. The van der Waals surface area contributed by atoms with Crippen molar-refractivity contribution >= 4 is 58.7 Å². The standard InChI is InChI=1S/C22H19N3O2S2/c1-14-6-2-4-8-17(14)24-20(26)10-11-25-21(27)19(29-22(25)28)12-15-13-23-18-9-5-3-7-16(15)18/h2-9,12-13,27H,10-11H2,1H3,(H,24,26)/b15-12+. The Morgan fingerprint density at radius 3 is 2.83 bits per heavy atom. The van der Waals surface area contributed by atoms with E-state index >= 15 is 0 Å². The molecule has 3 aromatic rings. The summed E-state index contributed by atoms with van der Waals surface area (Å²) in [6.45, 7) is 2.26. The van der Waals surface area contributed by atoms with Crippen LogP contribution in [0, 0.1) is 10.9 Å². The van der Waals surface area contributed by atoms with Crippen LogP contribution in [0.5, 0.6) is 5.88 Å². The topological polar surface area (TPSA) is 66.6 Å². The van der Waals surface area contributed by atoms with E-state index in [1.807, 2.05) is 61.5 Å². The summed E-state index contributed by atoms with van der Waals surface area (Å²) in [4.78, 5) is 17.4. The van der Waals surface area contributed by atoms with Gasteiger partial charge in [0.25, 0.3) is 0 Å². The number of benzene rings is 2. The molecule has 2 aromatic carbocycles. The van der Waals surface area contributed by atoms with Gasteiger partial charge in [0.15, 0.2) is 3.95 Å². The van der Waals surface area contributed by atoms with Crippen LogP contribution in [0.25, 0.3) is 11.6 Å². The fourth-order valence-corrected chi connectivity index (χ4v) is 4.45. The summed E-state index contributed by atoms with van der Waals surface area (Å²) in [6, 6.07) is 15.5. The van der Waals surface area contributed by atoms with Crippen molar-refractivity contribution in [2.45, 2.75) is 19.9 Å². The summed E-state index contributed by atoms with van der Waals surface area (Å²) in [5, 5.41) is 13.6. The van der Waals surface area contributed by atoms with Gasteiger partial charge in [0, 0.05) is 36.0 Å². The third kappa shape index (κ3) is 4.06. The van der Waals surface area contributed by atoms with Crippen molar-refractivity contribution in [3.05, 3.63) is 68.5 Å². The van der Waals surface area contributed by atoms with Crippen LogP contribution < -0.4 is 5.32 Å². The predicted molar refractivity (Wildman–Crippen MR) is 122 cm³/mol. The highest BCUT2D eigenvalue weighted by Crippen LogP contribution is 2.35. The highest BCUT2D eigenvalue weighted by molar-refractivity contribution is 7.73. The lowest BCUT2D eigenvalue weighted by molar-refractivity contribution is -0.116. The van der Waals surface area contributed by atoms with Gasteiger partial charge in [-0.05, 0) is 42.9 Å². The second-order valence-corrected chi connectivity index (χ2v) is 8.37. The van der Waals surface area contributed by atoms with E-state index in [2.05, 4.69) is 10.3 Å². The molecule has 5 nitrogen and oxygen atoms in total. The number of aromatic hydroxyl groups is 1. The first-order valence-corrected chi connectivity index (χ1v) is 10.4. The molecule has 2 heterocycles. The monoisotopic (exact) mass is 421 g/mol. The molecule has 4 rings (SSSR count). The van der Waals surface area contributed by atoms with Gasteiger partial charge < -0.3 is 10.4 Å². The number of aryl methyl sites for hydroxylation is 1. The first-order valence-electron chi connectivity index (χ1n) is 9.16. The lowest BCUT2D eigenvalue weighted by atomic mass is 10.1. The quantitative estimate of drug-likeness (QED) is 0.529. The maximum Gasteiger partial charge on any atom is 0.226 e. The van der Waals surface area contributed by atoms with Crippen LogP contribution in [-0.4, -0.2) is 21.8 Å². The van der Waals surface area contributed by atoms with E-state index < -0.39 is 0 Å². The van der Waals surface area contributed by atoms with Gasteiger partial charge in [-0.25, -0.2) is 0 Å². The molecule has 0 atom stereocenters. The second-order valence-electron chi connectivity index (χ2n) is 6.70. The molecule has 1 aliphatic rings. The summed E-state index contributed by atoms with van der Waals surface area (Å²) in [7, 11) is 0. The van der Waals surface area contributed by atoms with Crippen molar-refractivity contribution in [2.24, 2.45) is 4.99 Å². The van der Waals surface area contributed by atoms with Gasteiger partial charge in [-0.3, -0.25) is 14.4 Å². The number of hydrogen-bond acceptors (Lipinski definition) is 5. The lowest BCUT2D eigenvalue weighted by Gasteiger charge is -2.09. The Labute approximate surface area is 177 Å². The number of para-hydroxylation sites is 2. The van der Waals surface area contributed by atoms with E-state index in [9.17, 15) is 9.90 Å². The van der Waals surface area contributed by atoms with Crippen LogP contribution in [0.1, 0.15) is 22.4 Å². The zero-order valence-electron chi connectivity index (χ0n) is 15.8. The minimum atomic E-state index is -0.122. The van der Waals surface area contributed by atoms with Gasteiger partial charge in [0.05, 0.1) is 10.6 Å². The Morgan fingerprint density at radius 1 is 1.24 bits per heavy atom. The van der Waals surface area contributed by atoms with Crippen LogP contribution in [0.3, 0.4) is 0 Å². The van der Waals surface area contributed by atoms with E-state index in [4.69, 9.17) is 12.2 Å². The molecule has 1 aliphatic heterocycles. The number of thiazole rings is 1. The first kappa shape index (κ1) is 19.3. The first-order chi connectivity index (χ1) is 14.0. The molecule has 2 N–H and O–H groups in total. The van der Waals surface area contributed by atoms with E-state index in [0.29, 0.717) is 15.4 Å². The van der Waals surface area contributed by atoms with Crippen LogP contribution >= 0.6 is 23.6 Å². The summed E-state index contributed by atoms with van der Waals surface area (Å²) >= 11 is 6.73. The van der Waals surface area contributed by atoms with Crippen molar-refractivity contribution < 1.29 is 9.90 Å². The van der Waals surface area contributed by atoms with Gasteiger partial charge >= 0.3 is 0 Å². The Bertz CT molecular complexity index is 1200. The van der Waals surface area contributed by atoms with Crippen molar-refractivity contribution in [3.8, 4) is 5.88 Å². The number of hydrogen-bond donors (Lipinski definition) is 2. The molecule has 0 unspecified atom stereocenters. The molecular weight excluding hydrogens is 402 g/mol. The average molecular weight is 422 g/mol. The maximum atomic E-state index is 12.3. The van der Waals surface area contributed by atoms with E-state index in [0.717, 1.165) is 28.1 Å². The minimum Gasteiger partial charge on any atom is -0.493 e. The maximum absolute atomic E-state index is 12.3. The normalized spacial score (nSPS) is 13.6. The van der Waals surface area contributed by atoms with E-state index in [1.165, 1.54) is 11.3 Å². The molecule has 146 valence electrons. The zero-order chi connectivity index (χ0) is 20.4. The molecule has 7 heteroatoms. The molecular formula is C22H19N3O2S2. The number of fused-ring (bicyclic) bond motifs is 1. The Hall–Kier alpha value is -3.03. The minimum absolute atomic E-state index is 0.0778. The number of amides is 1. The zero-order valence-corrected chi connectivity index (χ0v) is 17.4. The highest BCUT2D eigenvalue weighted by Gasteiger charge is 2.16. The number of aromatic nitrogens is 1. The summed E-state index contributed by atoms with van der Waals surface area (Å²) < 4.78 is 2.13. The molecule has 29 heavy (non-hydrogen) atoms. The Balaban J connectivity index is 1.49. The van der Waals surface area contributed by atoms with Gasteiger partial charge in [-0.15, -0.1) is 11.3 Å². The number of rotatable bonds is 5. The van der Waals surface area contributed by atoms with E-state index in [1.54, 1.807) is 10.8 Å². The molecule has 0 bridgehead atoms. The third-order valence-corrected chi connectivity index (χ3v) is 6.11.